The summed E-state index contributed by atoms with van der Waals surface area (Å²) in [6.45, 7) is 2.33. The fourth-order valence-electron chi connectivity index (χ4n) is 6.03. The molecule has 0 spiro atoms. The standard InChI is InChI=1S/C20H23NO2/c1-20-9-8-15-13-5-7-19(23)17(11-22)14(13)3-4-16(15)18(20)6-2-12(20)10-21/h5,7,11-12,15-16,18,23H,2-4,6,8-9H2,1H3. The predicted octanol–water partition coefficient (Wildman–Crippen LogP) is 4.20. The van der Waals surface area contributed by atoms with E-state index in [0.717, 1.165) is 44.0 Å². The van der Waals surface area contributed by atoms with Gasteiger partial charge in [-0.25, -0.2) is 0 Å². The van der Waals surface area contributed by atoms with Crippen LogP contribution in [0.25, 0.3) is 0 Å². The third kappa shape index (κ3) is 1.90. The van der Waals surface area contributed by atoms with Gasteiger partial charge in [-0.3, -0.25) is 4.79 Å². The van der Waals surface area contributed by atoms with Crippen molar-refractivity contribution in [1.82, 2.24) is 0 Å². The number of phenolic OH excluding ortho intramolecular Hbond substituents is 1. The number of phenols is 1. The number of hydrogen-bond donors (Lipinski definition) is 1. The molecule has 1 N–H and O–H groups in total. The molecular formula is C20H23NO2. The molecular weight excluding hydrogens is 286 g/mol. The first-order valence-electron chi connectivity index (χ1n) is 8.79. The third-order valence-corrected chi connectivity index (χ3v) is 7.21. The second-order valence-electron chi connectivity index (χ2n) is 7.90. The smallest absolute Gasteiger partial charge is 0.154 e. The van der Waals surface area contributed by atoms with Gasteiger partial charge in [-0.05, 0) is 78.9 Å². The number of nitrogens with zero attached hydrogens (tertiary/aromatic N) is 1. The summed E-state index contributed by atoms with van der Waals surface area (Å²) >= 11 is 0. The fraction of sp³-hybridized carbons (Fsp3) is 0.600. The maximum atomic E-state index is 11.4. The zero-order chi connectivity index (χ0) is 16.2. The molecule has 1 aromatic rings. The van der Waals surface area contributed by atoms with Crippen LogP contribution in [0.4, 0.5) is 0 Å². The van der Waals surface area contributed by atoms with Crippen molar-refractivity contribution in [1.29, 1.82) is 5.26 Å². The van der Waals surface area contributed by atoms with E-state index in [-0.39, 0.29) is 17.1 Å². The minimum Gasteiger partial charge on any atom is -0.507 e. The summed E-state index contributed by atoms with van der Waals surface area (Å²) in [4.78, 5) is 11.4. The van der Waals surface area contributed by atoms with Crippen LogP contribution in [0.3, 0.4) is 0 Å². The monoisotopic (exact) mass is 309 g/mol. The van der Waals surface area contributed by atoms with Crippen LogP contribution < -0.4 is 0 Å². The summed E-state index contributed by atoms with van der Waals surface area (Å²) in [6.07, 6.45) is 7.19. The molecule has 3 aliphatic carbocycles. The van der Waals surface area contributed by atoms with E-state index in [4.69, 9.17) is 0 Å². The summed E-state index contributed by atoms with van der Waals surface area (Å²) in [5.41, 5.74) is 3.02. The van der Waals surface area contributed by atoms with Gasteiger partial charge in [0.05, 0.1) is 17.6 Å². The maximum Gasteiger partial charge on any atom is 0.154 e. The van der Waals surface area contributed by atoms with Crippen LogP contribution in [0.1, 0.15) is 66.4 Å². The Hall–Kier alpha value is -1.82. The van der Waals surface area contributed by atoms with E-state index in [1.165, 1.54) is 12.0 Å². The predicted molar refractivity (Wildman–Crippen MR) is 87.2 cm³/mol. The van der Waals surface area contributed by atoms with E-state index in [1.54, 1.807) is 6.07 Å². The topological polar surface area (TPSA) is 61.1 Å². The van der Waals surface area contributed by atoms with Crippen molar-refractivity contribution in [3.05, 3.63) is 28.8 Å². The van der Waals surface area contributed by atoms with E-state index in [9.17, 15) is 15.2 Å². The lowest BCUT2D eigenvalue weighted by Gasteiger charge is -2.50. The lowest BCUT2D eigenvalue weighted by molar-refractivity contribution is 0.0426. The van der Waals surface area contributed by atoms with Crippen LogP contribution in [-0.2, 0) is 6.42 Å². The first-order valence-corrected chi connectivity index (χ1v) is 8.79. The van der Waals surface area contributed by atoms with Gasteiger partial charge in [0.15, 0.2) is 6.29 Å². The quantitative estimate of drug-likeness (QED) is 0.791. The normalized spacial score (nSPS) is 38.1. The van der Waals surface area contributed by atoms with Crippen molar-refractivity contribution < 1.29 is 9.90 Å². The molecule has 0 saturated heterocycles. The van der Waals surface area contributed by atoms with Crippen LogP contribution in [0.2, 0.25) is 0 Å². The van der Waals surface area contributed by atoms with Crippen LogP contribution in [0.5, 0.6) is 5.75 Å². The molecule has 0 aromatic heterocycles. The number of hydrogen-bond acceptors (Lipinski definition) is 3. The van der Waals surface area contributed by atoms with Gasteiger partial charge in [-0.15, -0.1) is 0 Å². The number of carbonyl (C=O) groups excluding carboxylic acids is 1. The molecule has 1 aromatic carbocycles. The highest BCUT2D eigenvalue weighted by Crippen LogP contribution is 2.63. The molecule has 0 heterocycles. The van der Waals surface area contributed by atoms with Crippen molar-refractivity contribution in [3.63, 3.8) is 0 Å². The average molecular weight is 309 g/mol. The van der Waals surface area contributed by atoms with Crippen molar-refractivity contribution >= 4 is 6.29 Å². The average Bonchev–Trinajstić information content (AvgIpc) is 2.90. The second-order valence-corrected chi connectivity index (χ2v) is 7.90. The van der Waals surface area contributed by atoms with E-state index in [0.29, 0.717) is 23.3 Å². The molecule has 3 nitrogen and oxygen atoms in total. The molecule has 0 aliphatic heterocycles. The minimum absolute atomic E-state index is 0.114. The lowest BCUT2D eigenvalue weighted by Crippen LogP contribution is -2.42. The maximum absolute atomic E-state index is 11.4. The summed E-state index contributed by atoms with van der Waals surface area (Å²) in [5.74, 6) is 2.08. The molecule has 5 unspecified atom stereocenters. The SMILES string of the molecule is CC12CCC3c4ccc(O)c(C=O)c4CCC3C1CCC2C#N. The van der Waals surface area contributed by atoms with Crippen molar-refractivity contribution in [2.45, 2.75) is 51.4 Å². The third-order valence-electron chi connectivity index (χ3n) is 7.21. The Morgan fingerprint density at radius 2 is 2.13 bits per heavy atom. The number of carbonyl (C=O) groups is 1. The van der Waals surface area contributed by atoms with Gasteiger partial charge < -0.3 is 5.11 Å². The highest BCUT2D eigenvalue weighted by molar-refractivity contribution is 5.82. The zero-order valence-electron chi connectivity index (χ0n) is 13.6. The first kappa shape index (κ1) is 14.8. The molecule has 3 heteroatoms. The highest BCUT2D eigenvalue weighted by Gasteiger charge is 2.55. The summed E-state index contributed by atoms with van der Waals surface area (Å²) < 4.78 is 0. The van der Waals surface area contributed by atoms with E-state index < -0.39 is 0 Å². The van der Waals surface area contributed by atoms with Crippen LogP contribution in [0.15, 0.2) is 12.1 Å². The number of aldehydes is 1. The molecule has 120 valence electrons. The molecule has 4 rings (SSSR count). The molecule has 23 heavy (non-hydrogen) atoms. The number of nitriles is 1. The van der Waals surface area contributed by atoms with Crippen molar-refractivity contribution in [3.8, 4) is 11.8 Å². The minimum atomic E-state index is 0.114. The van der Waals surface area contributed by atoms with Crippen molar-refractivity contribution in [2.75, 3.05) is 0 Å². The van der Waals surface area contributed by atoms with Gasteiger partial charge in [0.1, 0.15) is 5.75 Å². The number of aromatic hydroxyl groups is 1. The van der Waals surface area contributed by atoms with E-state index in [2.05, 4.69) is 13.0 Å². The van der Waals surface area contributed by atoms with Gasteiger partial charge in [0.25, 0.3) is 0 Å². The fourth-order valence-corrected chi connectivity index (χ4v) is 6.03. The second kappa shape index (κ2) is 5.09. The number of rotatable bonds is 1. The Morgan fingerprint density at radius 3 is 2.87 bits per heavy atom. The Balaban J connectivity index is 1.74. The Labute approximate surface area is 137 Å². The molecule has 0 radical (unpaired) electrons. The molecule has 5 atom stereocenters. The summed E-state index contributed by atoms with van der Waals surface area (Å²) in [7, 11) is 0. The van der Waals surface area contributed by atoms with Crippen LogP contribution in [0, 0.1) is 34.5 Å². The largest absolute Gasteiger partial charge is 0.507 e. The molecule has 0 amide bonds. The Kier molecular flexibility index (Phi) is 3.27. The molecule has 2 saturated carbocycles. The van der Waals surface area contributed by atoms with Crippen LogP contribution >= 0.6 is 0 Å². The van der Waals surface area contributed by atoms with E-state index >= 15 is 0 Å². The summed E-state index contributed by atoms with van der Waals surface area (Å²) in [6, 6.07) is 6.29. The van der Waals surface area contributed by atoms with Gasteiger partial charge >= 0.3 is 0 Å². The molecule has 2 fully saturated rings. The summed E-state index contributed by atoms with van der Waals surface area (Å²) in [5, 5.41) is 19.5. The van der Waals surface area contributed by atoms with Gasteiger partial charge in [0.2, 0.25) is 0 Å². The molecule has 3 aliphatic rings. The first-order chi connectivity index (χ1) is 11.1. The Bertz CT molecular complexity index is 704. The van der Waals surface area contributed by atoms with Gasteiger partial charge in [-0.2, -0.15) is 5.26 Å². The van der Waals surface area contributed by atoms with E-state index in [1.807, 2.05) is 6.07 Å². The Morgan fingerprint density at radius 1 is 1.30 bits per heavy atom. The van der Waals surface area contributed by atoms with Gasteiger partial charge in [-0.1, -0.05) is 13.0 Å². The van der Waals surface area contributed by atoms with Crippen molar-refractivity contribution in [2.24, 2.45) is 23.2 Å². The zero-order valence-corrected chi connectivity index (χ0v) is 13.6. The number of benzene rings is 1. The molecule has 0 bridgehead atoms. The van der Waals surface area contributed by atoms with Crippen LogP contribution in [-0.4, -0.2) is 11.4 Å². The highest BCUT2D eigenvalue weighted by atomic mass is 16.3. The number of fused-ring (bicyclic) bond motifs is 5. The lowest BCUT2D eigenvalue weighted by atomic mass is 9.54. The van der Waals surface area contributed by atoms with Gasteiger partial charge in [0, 0.05) is 0 Å².